The topological polar surface area (TPSA) is 33.5 Å². The number of likely N-dealkylation sites (tertiary alicyclic amines) is 1. The van der Waals surface area contributed by atoms with Gasteiger partial charge in [-0.25, -0.2) is 0 Å². The zero-order valence-corrected chi connectivity index (χ0v) is 12.4. The van der Waals surface area contributed by atoms with Crippen molar-refractivity contribution in [3.8, 4) is 0 Å². The number of alkyl halides is 1. The molecule has 0 radical (unpaired) electrons. The third-order valence-electron chi connectivity index (χ3n) is 3.53. The monoisotopic (exact) mass is 313 g/mol. The average Bonchev–Trinajstić information content (AvgIpc) is 3.04. The summed E-state index contributed by atoms with van der Waals surface area (Å²) in [4.78, 5) is 14.4. The van der Waals surface area contributed by atoms with Crippen LogP contribution in [-0.2, 0) is 6.42 Å². The van der Waals surface area contributed by atoms with Gasteiger partial charge in [-0.05, 0) is 37.8 Å². The molecule has 1 amide bonds. The quantitative estimate of drug-likeness (QED) is 0.778. The van der Waals surface area contributed by atoms with Crippen molar-refractivity contribution in [1.29, 1.82) is 0 Å². The van der Waals surface area contributed by atoms with Gasteiger partial charge in [0.05, 0.1) is 0 Å². The second-order valence-electron chi connectivity index (χ2n) is 4.75. The highest BCUT2D eigenvalue weighted by atomic mass is 79.9. The van der Waals surface area contributed by atoms with Gasteiger partial charge in [-0.15, -0.1) is 0 Å². The predicted molar refractivity (Wildman–Crippen MR) is 75.2 cm³/mol. The van der Waals surface area contributed by atoms with E-state index in [2.05, 4.69) is 15.9 Å². The molecule has 0 bridgehead atoms. The Morgan fingerprint density at radius 3 is 3.06 bits per heavy atom. The van der Waals surface area contributed by atoms with Crippen molar-refractivity contribution in [2.45, 2.75) is 45.1 Å². The number of halogens is 1. The molecule has 1 saturated heterocycles. The van der Waals surface area contributed by atoms with Gasteiger partial charge in [0, 0.05) is 24.3 Å². The van der Waals surface area contributed by atoms with Crippen LogP contribution in [0, 0.1) is 0 Å². The van der Waals surface area contributed by atoms with E-state index in [4.69, 9.17) is 4.42 Å². The molecule has 0 spiro atoms. The molecule has 1 aliphatic rings. The van der Waals surface area contributed by atoms with Gasteiger partial charge in [-0.1, -0.05) is 22.9 Å². The summed E-state index contributed by atoms with van der Waals surface area (Å²) in [6, 6.07) is 4.10. The normalized spacial score (nSPS) is 19.4. The second-order valence-corrected chi connectivity index (χ2v) is 5.54. The lowest BCUT2D eigenvalue weighted by Crippen LogP contribution is -2.35. The molecule has 0 aliphatic carbocycles. The summed E-state index contributed by atoms with van der Waals surface area (Å²) in [6.45, 7) is 2.90. The number of rotatable bonds is 5. The molecule has 0 saturated carbocycles. The molecule has 1 unspecified atom stereocenters. The third-order valence-corrected chi connectivity index (χ3v) is 4.09. The summed E-state index contributed by atoms with van der Waals surface area (Å²) in [7, 11) is 0. The highest BCUT2D eigenvalue weighted by Gasteiger charge is 2.30. The standard InChI is InChI=1S/C14H20BrNO2/c1-2-12-7-8-13(18-12)14(17)16-10-4-6-11(16)5-3-9-15/h7-8,11H,2-6,9-10H2,1H3. The Morgan fingerprint density at radius 2 is 2.39 bits per heavy atom. The maximum Gasteiger partial charge on any atom is 0.289 e. The highest BCUT2D eigenvalue weighted by Crippen LogP contribution is 2.24. The van der Waals surface area contributed by atoms with Crippen LogP contribution in [0.2, 0.25) is 0 Å². The number of furan rings is 1. The van der Waals surface area contributed by atoms with Gasteiger partial charge in [0.25, 0.3) is 5.91 Å². The molecule has 100 valence electrons. The van der Waals surface area contributed by atoms with E-state index in [1.54, 1.807) is 6.07 Å². The Labute approximate surface area is 117 Å². The van der Waals surface area contributed by atoms with E-state index >= 15 is 0 Å². The van der Waals surface area contributed by atoms with Gasteiger partial charge in [0.2, 0.25) is 0 Å². The summed E-state index contributed by atoms with van der Waals surface area (Å²) >= 11 is 3.45. The first-order valence-electron chi connectivity index (χ1n) is 6.72. The van der Waals surface area contributed by atoms with Gasteiger partial charge in [0.1, 0.15) is 5.76 Å². The Balaban J connectivity index is 2.02. The lowest BCUT2D eigenvalue weighted by molar-refractivity contribution is 0.0696. The minimum atomic E-state index is 0.0618. The molecule has 1 aromatic heterocycles. The van der Waals surface area contributed by atoms with Crippen molar-refractivity contribution >= 4 is 21.8 Å². The van der Waals surface area contributed by atoms with Crippen molar-refractivity contribution in [3.05, 3.63) is 23.7 Å². The highest BCUT2D eigenvalue weighted by molar-refractivity contribution is 9.09. The third kappa shape index (κ3) is 2.97. The van der Waals surface area contributed by atoms with Crippen LogP contribution in [0.25, 0.3) is 0 Å². The fraction of sp³-hybridized carbons (Fsp3) is 0.643. The van der Waals surface area contributed by atoms with Gasteiger partial charge >= 0.3 is 0 Å². The fourth-order valence-electron chi connectivity index (χ4n) is 2.54. The first-order valence-corrected chi connectivity index (χ1v) is 7.84. The lowest BCUT2D eigenvalue weighted by Gasteiger charge is -2.23. The molecule has 1 atom stereocenters. The number of carbonyl (C=O) groups excluding carboxylic acids is 1. The molecule has 1 aromatic rings. The van der Waals surface area contributed by atoms with E-state index < -0.39 is 0 Å². The molecule has 2 rings (SSSR count). The Morgan fingerprint density at radius 1 is 1.56 bits per heavy atom. The summed E-state index contributed by atoms with van der Waals surface area (Å²) in [5.41, 5.74) is 0. The summed E-state index contributed by atoms with van der Waals surface area (Å²) in [6.07, 6.45) is 5.27. The van der Waals surface area contributed by atoms with Gasteiger partial charge in [-0.3, -0.25) is 4.79 Å². The zero-order valence-electron chi connectivity index (χ0n) is 10.8. The summed E-state index contributed by atoms with van der Waals surface area (Å²) in [5, 5.41) is 1.01. The molecule has 3 nitrogen and oxygen atoms in total. The first kappa shape index (κ1) is 13.7. The van der Waals surface area contributed by atoms with Crippen molar-refractivity contribution in [2.24, 2.45) is 0 Å². The number of hydrogen-bond donors (Lipinski definition) is 0. The molecule has 18 heavy (non-hydrogen) atoms. The van der Waals surface area contributed by atoms with E-state index in [1.807, 2.05) is 17.9 Å². The van der Waals surface area contributed by atoms with Crippen LogP contribution in [0.5, 0.6) is 0 Å². The van der Waals surface area contributed by atoms with Crippen LogP contribution in [0.15, 0.2) is 16.5 Å². The minimum Gasteiger partial charge on any atom is -0.456 e. The summed E-state index contributed by atoms with van der Waals surface area (Å²) < 4.78 is 5.56. The maximum absolute atomic E-state index is 12.4. The van der Waals surface area contributed by atoms with Crippen molar-refractivity contribution in [3.63, 3.8) is 0 Å². The molecule has 4 heteroatoms. The fourth-order valence-corrected chi connectivity index (χ4v) is 2.86. The van der Waals surface area contributed by atoms with Crippen LogP contribution in [0.4, 0.5) is 0 Å². The van der Waals surface area contributed by atoms with Crippen LogP contribution in [0.3, 0.4) is 0 Å². The van der Waals surface area contributed by atoms with E-state index in [9.17, 15) is 4.79 Å². The predicted octanol–water partition coefficient (Wildman–Crippen LogP) is 3.62. The number of carbonyl (C=O) groups is 1. The number of amides is 1. The van der Waals surface area contributed by atoms with E-state index in [-0.39, 0.29) is 5.91 Å². The molecule has 1 aliphatic heterocycles. The zero-order chi connectivity index (χ0) is 13.0. The Bertz CT molecular complexity index is 402. The maximum atomic E-state index is 12.4. The van der Waals surface area contributed by atoms with Crippen LogP contribution in [-0.4, -0.2) is 28.7 Å². The molecular formula is C14H20BrNO2. The van der Waals surface area contributed by atoms with Crippen molar-refractivity contribution in [1.82, 2.24) is 4.90 Å². The van der Waals surface area contributed by atoms with E-state index in [0.29, 0.717) is 11.8 Å². The van der Waals surface area contributed by atoms with Crippen LogP contribution < -0.4 is 0 Å². The Hall–Kier alpha value is -0.770. The lowest BCUT2D eigenvalue weighted by atomic mass is 10.1. The van der Waals surface area contributed by atoms with Crippen LogP contribution >= 0.6 is 15.9 Å². The van der Waals surface area contributed by atoms with Gasteiger partial charge < -0.3 is 9.32 Å². The van der Waals surface area contributed by atoms with E-state index in [1.165, 1.54) is 0 Å². The molecule has 2 heterocycles. The summed E-state index contributed by atoms with van der Waals surface area (Å²) in [5.74, 6) is 1.44. The molecular weight excluding hydrogens is 294 g/mol. The second kappa shape index (κ2) is 6.41. The Kier molecular flexibility index (Phi) is 4.87. The largest absolute Gasteiger partial charge is 0.456 e. The van der Waals surface area contributed by atoms with Gasteiger partial charge in [-0.2, -0.15) is 0 Å². The average molecular weight is 314 g/mol. The smallest absolute Gasteiger partial charge is 0.289 e. The van der Waals surface area contributed by atoms with E-state index in [0.717, 1.165) is 49.7 Å². The molecule has 1 fully saturated rings. The SMILES string of the molecule is CCc1ccc(C(=O)N2CCCC2CCCBr)o1. The minimum absolute atomic E-state index is 0.0618. The molecule has 0 N–H and O–H groups in total. The number of nitrogens with zero attached hydrogens (tertiary/aromatic N) is 1. The van der Waals surface area contributed by atoms with Crippen molar-refractivity contribution < 1.29 is 9.21 Å². The van der Waals surface area contributed by atoms with Crippen LogP contribution in [0.1, 0.15) is 48.9 Å². The number of aryl methyl sites for hydroxylation is 1. The first-order chi connectivity index (χ1) is 8.76. The molecule has 0 aromatic carbocycles. The van der Waals surface area contributed by atoms with Crippen molar-refractivity contribution in [2.75, 3.05) is 11.9 Å². The number of hydrogen-bond acceptors (Lipinski definition) is 2. The van der Waals surface area contributed by atoms with Gasteiger partial charge in [0.15, 0.2) is 5.76 Å².